The number of hydrogen-bond donors (Lipinski definition) is 2. The van der Waals surface area contributed by atoms with Crippen LogP contribution in [0.15, 0.2) is 18.2 Å². The molecule has 2 rings (SSSR count). The van der Waals surface area contributed by atoms with E-state index in [1.807, 2.05) is 0 Å². The van der Waals surface area contributed by atoms with Crippen molar-refractivity contribution in [3.8, 4) is 17.2 Å². The number of amides is 1. The average Bonchev–Trinajstić information content (AvgIpc) is 2.99. The molecule has 0 saturated heterocycles. The van der Waals surface area contributed by atoms with E-state index in [0.717, 1.165) is 25.7 Å². The summed E-state index contributed by atoms with van der Waals surface area (Å²) in [7, 11) is 3.17. The second-order valence-electron chi connectivity index (χ2n) is 5.52. The highest BCUT2D eigenvalue weighted by Crippen LogP contribution is 2.28. The van der Waals surface area contributed by atoms with Crippen molar-refractivity contribution >= 4 is 18.3 Å². The number of halogens is 1. The normalized spacial score (nSPS) is 15.4. The first-order valence-electron chi connectivity index (χ1n) is 7.50. The molecule has 1 aromatic rings. The summed E-state index contributed by atoms with van der Waals surface area (Å²) in [5.41, 5.74) is 5.39. The molecule has 1 amide bonds. The minimum atomic E-state index is -0.695. The fraction of sp³-hybridized carbons (Fsp3) is 0.562. The average molecular weight is 345 g/mol. The molecule has 1 aromatic carbocycles. The largest absolute Gasteiger partial charge is 0.496 e. The predicted molar refractivity (Wildman–Crippen MR) is 90.7 cm³/mol. The maximum absolute atomic E-state index is 12.0. The number of carbonyl (C=O) groups excluding carboxylic acids is 1. The first-order chi connectivity index (χ1) is 10.6. The zero-order chi connectivity index (χ0) is 16.0. The van der Waals surface area contributed by atoms with Crippen LogP contribution in [-0.4, -0.2) is 38.8 Å². The lowest BCUT2D eigenvalue weighted by atomic mass is 9.98. The standard InChI is InChI=1S/C16H24N2O4.ClH/c1-20-12-9-13(21-2)11-14(10-12)22-8-7-18-15(19)16(17)5-3-4-6-16;/h9-11H,3-8,17H2,1-2H3,(H,18,19);1H. The molecule has 6 nitrogen and oxygen atoms in total. The van der Waals surface area contributed by atoms with Gasteiger partial charge >= 0.3 is 0 Å². The molecule has 0 radical (unpaired) electrons. The van der Waals surface area contributed by atoms with E-state index in [1.165, 1.54) is 0 Å². The number of nitrogens with one attached hydrogen (secondary N) is 1. The lowest BCUT2D eigenvalue weighted by Gasteiger charge is -2.22. The van der Waals surface area contributed by atoms with E-state index in [2.05, 4.69) is 5.32 Å². The van der Waals surface area contributed by atoms with Crippen molar-refractivity contribution in [1.82, 2.24) is 5.32 Å². The Balaban J connectivity index is 0.00000264. The van der Waals surface area contributed by atoms with Gasteiger partial charge in [-0.3, -0.25) is 4.79 Å². The lowest BCUT2D eigenvalue weighted by molar-refractivity contribution is -0.126. The van der Waals surface area contributed by atoms with Crippen LogP contribution in [0.4, 0.5) is 0 Å². The van der Waals surface area contributed by atoms with E-state index >= 15 is 0 Å². The van der Waals surface area contributed by atoms with Gasteiger partial charge in [0.2, 0.25) is 5.91 Å². The van der Waals surface area contributed by atoms with Crippen LogP contribution in [-0.2, 0) is 4.79 Å². The second kappa shape index (κ2) is 8.84. The third-order valence-electron chi connectivity index (χ3n) is 3.93. The Morgan fingerprint density at radius 1 is 1.13 bits per heavy atom. The van der Waals surface area contributed by atoms with Gasteiger partial charge in [0.15, 0.2) is 0 Å². The van der Waals surface area contributed by atoms with Crippen LogP contribution >= 0.6 is 12.4 Å². The molecular formula is C16H25ClN2O4. The molecule has 0 unspecified atom stereocenters. The molecule has 1 aliphatic rings. The molecule has 0 heterocycles. The third kappa shape index (κ3) is 5.18. The Labute approximate surface area is 143 Å². The zero-order valence-electron chi connectivity index (χ0n) is 13.6. The van der Waals surface area contributed by atoms with Gasteiger partial charge in [-0.05, 0) is 12.8 Å². The SMILES string of the molecule is COc1cc(OC)cc(OCCNC(=O)C2(N)CCCC2)c1.Cl. The summed E-state index contributed by atoms with van der Waals surface area (Å²) in [4.78, 5) is 12.0. The van der Waals surface area contributed by atoms with Gasteiger partial charge in [-0.15, -0.1) is 12.4 Å². The smallest absolute Gasteiger partial charge is 0.240 e. The number of nitrogens with two attached hydrogens (primary N) is 1. The van der Waals surface area contributed by atoms with Crippen LogP contribution in [0.25, 0.3) is 0 Å². The van der Waals surface area contributed by atoms with Crippen LogP contribution in [0.3, 0.4) is 0 Å². The fourth-order valence-electron chi connectivity index (χ4n) is 2.61. The van der Waals surface area contributed by atoms with E-state index in [0.29, 0.717) is 30.4 Å². The maximum Gasteiger partial charge on any atom is 0.240 e. The third-order valence-corrected chi connectivity index (χ3v) is 3.93. The van der Waals surface area contributed by atoms with Gasteiger partial charge in [0.25, 0.3) is 0 Å². The molecule has 1 fully saturated rings. The van der Waals surface area contributed by atoms with Crippen molar-refractivity contribution in [2.24, 2.45) is 5.73 Å². The molecule has 1 aliphatic carbocycles. The molecule has 0 aromatic heterocycles. The van der Waals surface area contributed by atoms with Crippen LogP contribution < -0.4 is 25.3 Å². The highest BCUT2D eigenvalue weighted by atomic mass is 35.5. The van der Waals surface area contributed by atoms with Crippen molar-refractivity contribution in [1.29, 1.82) is 0 Å². The summed E-state index contributed by atoms with van der Waals surface area (Å²) in [6, 6.07) is 5.31. The topological polar surface area (TPSA) is 82.8 Å². The molecule has 130 valence electrons. The summed E-state index contributed by atoms with van der Waals surface area (Å²) in [6.07, 6.45) is 3.55. The predicted octanol–water partition coefficient (Wildman–Crippen LogP) is 1.89. The molecule has 0 aliphatic heterocycles. The van der Waals surface area contributed by atoms with E-state index in [1.54, 1.807) is 32.4 Å². The van der Waals surface area contributed by atoms with Crippen LogP contribution in [0.2, 0.25) is 0 Å². The number of benzene rings is 1. The van der Waals surface area contributed by atoms with Gasteiger partial charge < -0.3 is 25.3 Å². The van der Waals surface area contributed by atoms with E-state index < -0.39 is 5.54 Å². The van der Waals surface area contributed by atoms with E-state index in [-0.39, 0.29) is 18.3 Å². The Kier molecular flexibility index (Phi) is 7.45. The van der Waals surface area contributed by atoms with Crippen LogP contribution in [0.5, 0.6) is 17.2 Å². The number of methoxy groups -OCH3 is 2. The molecule has 3 N–H and O–H groups in total. The summed E-state index contributed by atoms with van der Waals surface area (Å²) in [5.74, 6) is 1.86. The van der Waals surface area contributed by atoms with Crippen molar-refractivity contribution < 1.29 is 19.0 Å². The molecule has 7 heteroatoms. The second-order valence-corrected chi connectivity index (χ2v) is 5.52. The van der Waals surface area contributed by atoms with Crippen molar-refractivity contribution in [3.63, 3.8) is 0 Å². The van der Waals surface area contributed by atoms with Gasteiger partial charge in [0.1, 0.15) is 23.9 Å². The minimum absolute atomic E-state index is 0. The molecule has 23 heavy (non-hydrogen) atoms. The van der Waals surface area contributed by atoms with Gasteiger partial charge in [0, 0.05) is 18.2 Å². The Morgan fingerprint density at radius 3 is 2.17 bits per heavy atom. The fourth-order valence-corrected chi connectivity index (χ4v) is 2.61. The first-order valence-corrected chi connectivity index (χ1v) is 7.50. The Bertz CT molecular complexity index is 497. The highest BCUT2D eigenvalue weighted by Gasteiger charge is 2.36. The molecular weight excluding hydrogens is 320 g/mol. The van der Waals surface area contributed by atoms with Gasteiger partial charge in [-0.2, -0.15) is 0 Å². The molecule has 0 bridgehead atoms. The van der Waals surface area contributed by atoms with Crippen LogP contribution in [0.1, 0.15) is 25.7 Å². The summed E-state index contributed by atoms with van der Waals surface area (Å²) < 4.78 is 16.0. The first kappa shape index (κ1) is 19.4. The van der Waals surface area contributed by atoms with Gasteiger partial charge in [-0.25, -0.2) is 0 Å². The summed E-state index contributed by atoms with van der Waals surface area (Å²) >= 11 is 0. The maximum atomic E-state index is 12.0. The number of rotatable bonds is 7. The van der Waals surface area contributed by atoms with Crippen LogP contribution in [0, 0.1) is 0 Å². The molecule has 0 atom stereocenters. The summed E-state index contributed by atoms with van der Waals surface area (Å²) in [5, 5.41) is 2.84. The molecule has 1 saturated carbocycles. The van der Waals surface area contributed by atoms with Crippen molar-refractivity contribution in [2.75, 3.05) is 27.4 Å². The monoisotopic (exact) mass is 344 g/mol. The van der Waals surface area contributed by atoms with Gasteiger partial charge in [-0.1, -0.05) is 12.8 Å². The quantitative estimate of drug-likeness (QED) is 0.738. The minimum Gasteiger partial charge on any atom is -0.496 e. The van der Waals surface area contributed by atoms with Crippen molar-refractivity contribution in [2.45, 2.75) is 31.2 Å². The van der Waals surface area contributed by atoms with Gasteiger partial charge in [0.05, 0.1) is 26.3 Å². The van der Waals surface area contributed by atoms with E-state index in [4.69, 9.17) is 19.9 Å². The number of hydrogen-bond acceptors (Lipinski definition) is 5. The van der Waals surface area contributed by atoms with E-state index in [9.17, 15) is 4.79 Å². The number of carbonyl (C=O) groups is 1. The Morgan fingerprint density at radius 2 is 1.65 bits per heavy atom. The van der Waals surface area contributed by atoms with Crippen molar-refractivity contribution in [3.05, 3.63) is 18.2 Å². The highest BCUT2D eigenvalue weighted by molar-refractivity contribution is 5.86. The Hall–Kier alpha value is -1.66. The lowest BCUT2D eigenvalue weighted by Crippen LogP contribution is -2.52. The summed E-state index contributed by atoms with van der Waals surface area (Å²) in [6.45, 7) is 0.773. The zero-order valence-corrected chi connectivity index (χ0v) is 14.4. The number of ether oxygens (including phenoxy) is 3. The molecule has 0 spiro atoms.